The number of amides is 1. The van der Waals surface area contributed by atoms with E-state index >= 15 is 0 Å². The Morgan fingerprint density at radius 1 is 1.15 bits per heavy atom. The fourth-order valence-corrected chi connectivity index (χ4v) is 3.50. The van der Waals surface area contributed by atoms with E-state index in [1.165, 1.54) is 40.6 Å². The molecule has 1 aliphatic rings. The van der Waals surface area contributed by atoms with Crippen molar-refractivity contribution in [1.29, 1.82) is 0 Å². The molecule has 2 atom stereocenters. The van der Waals surface area contributed by atoms with Crippen LogP contribution in [0, 0.1) is 5.92 Å². The van der Waals surface area contributed by atoms with Crippen molar-refractivity contribution in [3.8, 4) is 17.2 Å². The van der Waals surface area contributed by atoms with Crippen LogP contribution in [-0.4, -0.2) is 44.5 Å². The predicted octanol–water partition coefficient (Wildman–Crippen LogP) is 2.73. The molecule has 4 N–H and O–H groups in total. The minimum Gasteiger partial charge on any atom is -0.493 e. The van der Waals surface area contributed by atoms with Gasteiger partial charge < -0.3 is 30.4 Å². The number of aliphatic hydroxyl groups excluding tert-OH is 1. The van der Waals surface area contributed by atoms with Gasteiger partial charge in [0.1, 0.15) is 6.10 Å². The average Bonchev–Trinajstić information content (AvgIpc) is 2.67. The molecule has 0 saturated heterocycles. The van der Waals surface area contributed by atoms with Crippen LogP contribution in [0.15, 0.2) is 12.1 Å². The van der Waals surface area contributed by atoms with Crippen molar-refractivity contribution >= 4 is 24.0 Å². The second kappa shape index (κ2) is 11.2. The van der Waals surface area contributed by atoms with Crippen LogP contribution < -0.4 is 25.3 Å². The van der Waals surface area contributed by atoms with Crippen molar-refractivity contribution in [3.05, 3.63) is 12.1 Å². The third kappa shape index (κ3) is 6.16. The van der Waals surface area contributed by atoms with Crippen molar-refractivity contribution in [1.82, 2.24) is 0 Å². The molecule has 1 unspecified atom stereocenters. The van der Waals surface area contributed by atoms with Gasteiger partial charge in [-0.1, -0.05) is 32.1 Å². The van der Waals surface area contributed by atoms with E-state index < -0.39 is 18.1 Å². The Labute approximate surface area is 167 Å². The predicted molar refractivity (Wildman–Crippen MR) is 107 cm³/mol. The standard InChI is InChI=1S/C19H30N2O5.ClH/c1-24-15-10-13(11-16(25-2)18(15)26-3)21-19(23)17(22)14(20)9-12-7-5-4-6-8-12;/h10-12,14,17,22H,4-9,20H2,1-3H3,(H,21,23);1H/t14-,17?;/m1./s1. The third-order valence-corrected chi connectivity index (χ3v) is 4.94. The van der Waals surface area contributed by atoms with E-state index in [2.05, 4.69) is 5.32 Å². The molecule has 0 bridgehead atoms. The maximum Gasteiger partial charge on any atom is 0.254 e. The SMILES string of the molecule is COc1cc(NC(=O)C(O)[C@H](N)CC2CCCCC2)cc(OC)c1OC.Cl. The molecule has 154 valence electrons. The van der Waals surface area contributed by atoms with Crippen LogP contribution in [0.2, 0.25) is 0 Å². The topological polar surface area (TPSA) is 103 Å². The quantitative estimate of drug-likeness (QED) is 0.617. The zero-order chi connectivity index (χ0) is 19.1. The highest BCUT2D eigenvalue weighted by Gasteiger charge is 2.27. The number of nitrogens with one attached hydrogen (secondary N) is 1. The van der Waals surface area contributed by atoms with Crippen LogP contribution in [0.25, 0.3) is 0 Å². The number of hydrogen-bond donors (Lipinski definition) is 3. The summed E-state index contributed by atoms with van der Waals surface area (Å²) in [5.41, 5.74) is 6.52. The van der Waals surface area contributed by atoms with Gasteiger partial charge in [0.05, 0.1) is 21.3 Å². The molecule has 1 saturated carbocycles. The van der Waals surface area contributed by atoms with Gasteiger partial charge in [-0.3, -0.25) is 4.79 Å². The summed E-state index contributed by atoms with van der Waals surface area (Å²) in [6.07, 6.45) is 5.29. The minimum absolute atomic E-state index is 0. The fourth-order valence-electron chi connectivity index (χ4n) is 3.50. The van der Waals surface area contributed by atoms with E-state index in [1.54, 1.807) is 12.1 Å². The summed E-state index contributed by atoms with van der Waals surface area (Å²) in [5.74, 6) is 1.22. The Morgan fingerprint density at radius 2 is 1.70 bits per heavy atom. The molecule has 7 nitrogen and oxygen atoms in total. The molecule has 0 radical (unpaired) electrons. The summed E-state index contributed by atoms with van der Waals surface area (Å²) in [7, 11) is 4.50. The van der Waals surface area contributed by atoms with E-state index in [9.17, 15) is 9.90 Å². The number of aliphatic hydroxyl groups is 1. The third-order valence-electron chi connectivity index (χ3n) is 4.94. The highest BCUT2D eigenvalue weighted by Crippen LogP contribution is 2.40. The number of methoxy groups -OCH3 is 3. The number of halogens is 1. The number of nitrogens with two attached hydrogens (primary N) is 1. The molecule has 1 amide bonds. The molecule has 1 aromatic rings. The van der Waals surface area contributed by atoms with Crippen molar-refractivity contribution < 1.29 is 24.1 Å². The maximum atomic E-state index is 12.4. The summed E-state index contributed by atoms with van der Waals surface area (Å²) in [6.45, 7) is 0. The lowest BCUT2D eigenvalue weighted by Crippen LogP contribution is -2.44. The Kier molecular flexibility index (Phi) is 9.69. The Balaban J connectivity index is 0.00000364. The number of ether oxygens (including phenoxy) is 3. The summed E-state index contributed by atoms with van der Waals surface area (Å²) in [5, 5.41) is 13.0. The van der Waals surface area contributed by atoms with Crippen molar-refractivity contribution in [3.63, 3.8) is 0 Å². The molecule has 8 heteroatoms. The summed E-state index contributed by atoms with van der Waals surface area (Å²) in [6, 6.07) is 2.64. The van der Waals surface area contributed by atoms with E-state index in [-0.39, 0.29) is 12.4 Å². The van der Waals surface area contributed by atoms with Gasteiger partial charge in [0.2, 0.25) is 5.75 Å². The van der Waals surface area contributed by atoms with Gasteiger partial charge in [-0.05, 0) is 12.3 Å². The lowest BCUT2D eigenvalue weighted by Gasteiger charge is -2.26. The Morgan fingerprint density at radius 3 is 2.19 bits per heavy atom. The van der Waals surface area contributed by atoms with Crippen LogP contribution in [-0.2, 0) is 4.79 Å². The van der Waals surface area contributed by atoms with E-state index in [1.807, 2.05) is 0 Å². The maximum absolute atomic E-state index is 12.4. The van der Waals surface area contributed by atoms with Gasteiger partial charge in [-0.15, -0.1) is 12.4 Å². The molecular formula is C19H31ClN2O5. The number of rotatable bonds is 8. The zero-order valence-corrected chi connectivity index (χ0v) is 17.0. The van der Waals surface area contributed by atoms with Crippen LogP contribution in [0.4, 0.5) is 5.69 Å². The van der Waals surface area contributed by atoms with Crippen molar-refractivity contribution in [2.75, 3.05) is 26.6 Å². The number of anilines is 1. The molecule has 0 aliphatic heterocycles. The minimum atomic E-state index is -1.27. The highest BCUT2D eigenvalue weighted by atomic mass is 35.5. The van der Waals surface area contributed by atoms with Crippen LogP contribution in [0.5, 0.6) is 17.2 Å². The van der Waals surface area contributed by atoms with E-state index in [0.29, 0.717) is 35.3 Å². The van der Waals surface area contributed by atoms with Crippen molar-refractivity contribution in [2.24, 2.45) is 11.7 Å². The van der Waals surface area contributed by atoms with Gasteiger partial charge in [0, 0.05) is 23.9 Å². The molecule has 0 aromatic heterocycles. The van der Waals surface area contributed by atoms with Crippen molar-refractivity contribution in [2.45, 2.75) is 50.7 Å². The molecule has 0 spiro atoms. The van der Waals surface area contributed by atoms with Gasteiger partial charge in [0.15, 0.2) is 11.5 Å². The van der Waals surface area contributed by atoms with Crippen LogP contribution >= 0.6 is 12.4 Å². The lowest BCUT2D eigenvalue weighted by atomic mass is 9.84. The summed E-state index contributed by atoms with van der Waals surface area (Å²) in [4.78, 5) is 12.4. The summed E-state index contributed by atoms with van der Waals surface area (Å²) < 4.78 is 15.8. The lowest BCUT2D eigenvalue weighted by molar-refractivity contribution is -0.125. The van der Waals surface area contributed by atoms with Crippen LogP contribution in [0.1, 0.15) is 38.5 Å². The Hall–Kier alpha value is -1.70. The average molecular weight is 403 g/mol. The number of carbonyl (C=O) groups is 1. The van der Waals surface area contributed by atoms with Gasteiger partial charge >= 0.3 is 0 Å². The normalized spacial score (nSPS) is 16.6. The second-order valence-corrected chi connectivity index (χ2v) is 6.75. The molecule has 1 fully saturated rings. The van der Waals surface area contributed by atoms with Gasteiger partial charge in [0.25, 0.3) is 5.91 Å². The number of benzene rings is 1. The molecule has 27 heavy (non-hydrogen) atoms. The highest BCUT2D eigenvalue weighted by molar-refractivity contribution is 5.95. The molecule has 1 aromatic carbocycles. The molecule has 1 aliphatic carbocycles. The fraction of sp³-hybridized carbons (Fsp3) is 0.632. The first-order chi connectivity index (χ1) is 12.5. The monoisotopic (exact) mass is 402 g/mol. The zero-order valence-electron chi connectivity index (χ0n) is 16.2. The molecule has 0 heterocycles. The van der Waals surface area contributed by atoms with Gasteiger partial charge in [-0.25, -0.2) is 0 Å². The van der Waals surface area contributed by atoms with E-state index in [0.717, 1.165) is 12.8 Å². The largest absolute Gasteiger partial charge is 0.493 e. The Bertz CT molecular complexity index is 583. The van der Waals surface area contributed by atoms with Crippen LogP contribution in [0.3, 0.4) is 0 Å². The summed E-state index contributed by atoms with van der Waals surface area (Å²) >= 11 is 0. The number of hydrogen-bond acceptors (Lipinski definition) is 6. The first-order valence-corrected chi connectivity index (χ1v) is 9.04. The first kappa shape index (κ1) is 23.3. The van der Waals surface area contributed by atoms with Gasteiger partial charge in [-0.2, -0.15) is 0 Å². The smallest absolute Gasteiger partial charge is 0.254 e. The number of carbonyl (C=O) groups excluding carboxylic acids is 1. The second-order valence-electron chi connectivity index (χ2n) is 6.75. The molecular weight excluding hydrogens is 372 g/mol. The first-order valence-electron chi connectivity index (χ1n) is 9.04. The van der Waals surface area contributed by atoms with E-state index in [4.69, 9.17) is 19.9 Å². The molecule has 2 rings (SSSR count).